The fourth-order valence-electron chi connectivity index (χ4n) is 1.90. The van der Waals surface area contributed by atoms with Crippen LogP contribution in [0.2, 0.25) is 0 Å². The van der Waals surface area contributed by atoms with Gasteiger partial charge < -0.3 is 10.6 Å². The number of carbonyl (C=O) groups is 2. The molecule has 1 heterocycles. The fraction of sp³-hybridized carbons (Fsp3) is 0.118. The first kappa shape index (κ1) is 17.8. The summed E-state index contributed by atoms with van der Waals surface area (Å²) < 4.78 is 0. The summed E-state index contributed by atoms with van der Waals surface area (Å²) in [5.41, 5.74) is 1.00. The predicted molar refractivity (Wildman–Crippen MR) is 102 cm³/mol. The van der Waals surface area contributed by atoms with Gasteiger partial charge in [-0.2, -0.15) is 0 Å². The van der Waals surface area contributed by atoms with Gasteiger partial charge in [0, 0.05) is 17.5 Å². The standard InChI is InChI=1S/C17H17N3O2S2/c1-2-18-16(22)13-7-3-4-8-14(13)19-17(23)20-15(21)10-9-12-6-5-11-24-12/h3-11H,2H2,1H3,(H,18,22)(H2,19,20,21,23)/b10-9+. The van der Waals surface area contributed by atoms with Gasteiger partial charge in [-0.05, 0) is 48.8 Å². The van der Waals surface area contributed by atoms with Crippen molar-refractivity contribution in [3.63, 3.8) is 0 Å². The van der Waals surface area contributed by atoms with E-state index in [-0.39, 0.29) is 16.9 Å². The van der Waals surface area contributed by atoms with E-state index < -0.39 is 0 Å². The summed E-state index contributed by atoms with van der Waals surface area (Å²) in [5.74, 6) is -0.538. The Morgan fingerprint density at radius 3 is 2.71 bits per heavy atom. The van der Waals surface area contributed by atoms with Gasteiger partial charge in [-0.15, -0.1) is 11.3 Å². The van der Waals surface area contributed by atoms with Gasteiger partial charge in [0.15, 0.2) is 5.11 Å². The van der Waals surface area contributed by atoms with Crippen LogP contribution in [0, 0.1) is 0 Å². The molecule has 0 aliphatic heterocycles. The maximum absolute atomic E-state index is 12.0. The molecule has 0 fully saturated rings. The summed E-state index contributed by atoms with van der Waals surface area (Å²) in [4.78, 5) is 24.8. The normalized spacial score (nSPS) is 10.4. The van der Waals surface area contributed by atoms with Crippen molar-refractivity contribution in [2.45, 2.75) is 6.92 Å². The van der Waals surface area contributed by atoms with Gasteiger partial charge in [-0.1, -0.05) is 18.2 Å². The lowest BCUT2D eigenvalue weighted by atomic mass is 10.1. The van der Waals surface area contributed by atoms with Crippen LogP contribution in [0.25, 0.3) is 6.08 Å². The number of nitrogens with one attached hydrogen (secondary N) is 3. The first-order valence-electron chi connectivity index (χ1n) is 7.31. The minimum Gasteiger partial charge on any atom is -0.352 e. The van der Waals surface area contributed by atoms with E-state index in [9.17, 15) is 9.59 Å². The zero-order chi connectivity index (χ0) is 17.4. The van der Waals surface area contributed by atoms with Crippen molar-refractivity contribution < 1.29 is 9.59 Å². The molecule has 24 heavy (non-hydrogen) atoms. The summed E-state index contributed by atoms with van der Waals surface area (Å²) in [6.07, 6.45) is 3.13. The maximum Gasteiger partial charge on any atom is 0.253 e. The highest BCUT2D eigenvalue weighted by atomic mass is 32.1. The second kappa shape index (κ2) is 8.95. The first-order valence-corrected chi connectivity index (χ1v) is 8.59. The van der Waals surface area contributed by atoms with Crippen molar-refractivity contribution in [1.82, 2.24) is 10.6 Å². The van der Waals surface area contributed by atoms with Gasteiger partial charge in [-0.3, -0.25) is 14.9 Å². The van der Waals surface area contributed by atoms with E-state index >= 15 is 0 Å². The third-order valence-corrected chi connectivity index (χ3v) is 3.98. The van der Waals surface area contributed by atoms with Crippen LogP contribution in [-0.2, 0) is 4.79 Å². The lowest BCUT2D eigenvalue weighted by molar-refractivity contribution is -0.115. The Bertz CT molecular complexity index is 755. The number of hydrogen-bond donors (Lipinski definition) is 3. The van der Waals surface area contributed by atoms with Gasteiger partial charge in [0.05, 0.1) is 11.3 Å². The molecule has 1 aromatic carbocycles. The molecule has 2 aromatic rings. The lowest BCUT2D eigenvalue weighted by Gasteiger charge is -2.12. The number of thiocarbonyl (C=S) groups is 1. The van der Waals surface area contributed by atoms with Crippen molar-refractivity contribution in [3.05, 3.63) is 58.3 Å². The molecule has 0 aliphatic carbocycles. The fourth-order valence-corrected chi connectivity index (χ4v) is 2.73. The van der Waals surface area contributed by atoms with E-state index in [0.717, 1.165) is 4.88 Å². The van der Waals surface area contributed by atoms with Crippen LogP contribution in [0.15, 0.2) is 47.9 Å². The molecule has 0 atom stereocenters. The van der Waals surface area contributed by atoms with Gasteiger partial charge in [0.25, 0.3) is 5.91 Å². The van der Waals surface area contributed by atoms with E-state index in [1.165, 1.54) is 17.4 Å². The molecule has 5 nitrogen and oxygen atoms in total. The monoisotopic (exact) mass is 359 g/mol. The van der Waals surface area contributed by atoms with Crippen LogP contribution >= 0.6 is 23.6 Å². The molecule has 124 valence electrons. The van der Waals surface area contributed by atoms with Crippen molar-refractivity contribution >= 4 is 52.2 Å². The Balaban J connectivity index is 1.97. The van der Waals surface area contributed by atoms with Crippen LogP contribution in [0.3, 0.4) is 0 Å². The maximum atomic E-state index is 12.0. The van der Waals surface area contributed by atoms with Crippen molar-refractivity contribution in [2.75, 3.05) is 11.9 Å². The van der Waals surface area contributed by atoms with E-state index in [1.54, 1.807) is 30.3 Å². The average Bonchev–Trinajstić information content (AvgIpc) is 3.07. The third-order valence-electron chi connectivity index (χ3n) is 2.94. The second-order valence-electron chi connectivity index (χ2n) is 4.70. The molecular formula is C17H17N3O2S2. The quantitative estimate of drug-likeness (QED) is 0.567. The minimum absolute atomic E-state index is 0.132. The largest absolute Gasteiger partial charge is 0.352 e. The summed E-state index contributed by atoms with van der Waals surface area (Å²) in [6, 6.07) is 10.8. The van der Waals surface area contributed by atoms with Crippen LogP contribution in [-0.4, -0.2) is 23.5 Å². The number of carbonyl (C=O) groups excluding carboxylic acids is 2. The highest BCUT2D eigenvalue weighted by Crippen LogP contribution is 2.15. The van der Waals surface area contributed by atoms with Crippen LogP contribution in [0.5, 0.6) is 0 Å². The zero-order valence-electron chi connectivity index (χ0n) is 13.0. The van der Waals surface area contributed by atoms with Crippen LogP contribution in [0.1, 0.15) is 22.2 Å². The van der Waals surface area contributed by atoms with E-state index in [4.69, 9.17) is 12.2 Å². The minimum atomic E-state index is -0.337. The number of thiophene rings is 1. The molecule has 2 rings (SSSR count). The Morgan fingerprint density at radius 1 is 1.21 bits per heavy atom. The van der Waals surface area contributed by atoms with Gasteiger partial charge in [0.2, 0.25) is 5.91 Å². The first-order chi connectivity index (χ1) is 11.6. The molecule has 0 saturated carbocycles. The van der Waals surface area contributed by atoms with Gasteiger partial charge in [0.1, 0.15) is 0 Å². The molecule has 0 aliphatic rings. The second-order valence-corrected chi connectivity index (χ2v) is 6.08. The van der Waals surface area contributed by atoms with Crippen molar-refractivity contribution in [2.24, 2.45) is 0 Å². The Kier molecular flexibility index (Phi) is 6.65. The lowest BCUT2D eigenvalue weighted by Crippen LogP contribution is -2.33. The van der Waals surface area contributed by atoms with Crippen molar-refractivity contribution in [3.8, 4) is 0 Å². The van der Waals surface area contributed by atoms with E-state index in [2.05, 4.69) is 16.0 Å². The Morgan fingerprint density at radius 2 is 2.00 bits per heavy atom. The van der Waals surface area contributed by atoms with Crippen LogP contribution in [0.4, 0.5) is 5.69 Å². The predicted octanol–water partition coefficient (Wildman–Crippen LogP) is 3.02. The molecule has 0 bridgehead atoms. The number of hydrogen-bond acceptors (Lipinski definition) is 4. The van der Waals surface area contributed by atoms with E-state index in [0.29, 0.717) is 17.8 Å². The van der Waals surface area contributed by atoms with Crippen LogP contribution < -0.4 is 16.0 Å². The molecule has 0 radical (unpaired) electrons. The highest BCUT2D eigenvalue weighted by Gasteiger charge is 2.11. The topological polar surface area (TPSA) is 70.2 Å². The highest BCUT2D eigenvalue weighted by molar-refractivity contribution is 7.80. The average molecular weight is 359 g/mol. The molecule has 3 N–H and O–H groups in total. The summed E-state index contributed by atoms with van der Waals surface area (Å²) in [6.45, 7) is 2.38. The zero-order valence-corrected chi connectivity index (χ0v) is 14.7. The molecule has 1 aromatic heterocycles. The van der Waals surface area contributed by atoms with E-state index in [1.807, 2.05) is 24.4 Å². The number of amides is 2. The summed E-state index contributed by atoms with van der Waals surface area (Å²) in [7, 11) is 0. The molecule has 2 amide bonds. The number of benzene rings is 1. The third kappa shape index (κ3) is 5.29. The molecule has 0 spiro atoms. The number of para-hydroxylation sites is 1. The molecule has 7 heteroatoms. The number of rotatable bonds is 5. The molecule has 0 saturated heterocycles. The smallest absolute Gasteiger partial charge is 0.253 e. The Labute approximate surface area is 149 Å². The molecule has 0 unspecified atom stereocenters. The van der Waals surface area contributed by atoms with Crippen molar-refractivity contribution in [1.29, 1.82) is 0 Å². The summed E-state index contributed by atoms with van der Waals surface area (Å²) >= 11 is 6.67. The number of anilines is 1. The van der Waals surface area contributed by atoms with Gasteiger partial charge >= 0.3 is 0 Å². The van der Waals surface area contributed by atoms with Gasteiger partial charge in [-0.25, -0.2) is 0 Å². The SMILES string of the molecule is CCNC(=O)c1ccccc1NC(=S)NC(=O)/C=C/c1cccs1. The summed E-state index contributed by atoms with van der Waals surface area (Å²) in [5, 5.41) is 10.2. The Hall–Kier alpha value is -2.51. The molecular weight excluding hydrogens is 342 g/mol.